The standard InChI is InChI=1S/C26H25NO2/c1-18-13-15-19(16-14-18)24-23(26(29)21-11-7-4-8-12-21)22(17-27(24)2)25(28)20-9-5-3-6-10-20/h3-16,22-24H,17H2,1-2H3/t22-,23+,24-/m0/s1. The summed E-state index contributed by atoms with van der Waals surface area (Å²) < 4.78 is 0. The first kappa shape index (κ1) is 19.3. The van der Waals surface area contributed by atoms with Crippen LogP contribution in [0.4, 0.5) is 0 Å². The second-order valence-electron chi connectivity index (χ2n) is 7.89. The second kappa shape index (κ2) is 8.14. The fourth-order valence-corrected chi connectivity index (χ4v) is 4.44. The first-order valence-electron chi connectivity index (χ1n) is 10.0. The lowest BCUT2D eigenvalue weighted by Gasteiger charge is -2.26. The Hall–Kier alpha value is -3.04. The van der Waals surface area contributed by atoms with Crippen LogP contribution in [0.25, 0.3) is 0 Å². The molecule has 0 amide bonds. The van der Waals surface area contributed by atoms with Crippen molar-refractivity contribution in [2.75, 3.05) is 13.6 Å². The van der Waals surface area contributed by atoms with Crippen LogP contribution in [-0.4, -0.2) is 30.1 Å². The van der Waals surface area contributed by atoms with Crippen molar-refractivity contribution >= 4 is 11.6 Å². The largest absolute Gasteiger partial charge is 0.298 e. The quantitative estimate of drug-likeness (QED) is 0.583. The van der Waals surface area contributed by atoms with Gasteiger partial charge in [-0.15, -0.1) is 0 Å². The Morgan fingerprint density at radius 2 is 1.28 bits per heavy atom. The van der Waals surface area contributed by atoms with Gasteiger partial charge in [0.15, 0.2) is 11.6 Å². The van der Waals surface area contributed by atoms with Crippen LogP contribution < -0.4 is 0 Å². The first-order valence-corrected chi connectivity index (χ1v) is 10.0. The molecule has 0 spiro atoms. The summed E-state index contributed by atoms with van der Waals surface area (Å²) in [5.41, 5.74) is 3.59. The molecule has 4 rings (SSSR count). The lowest BCUT2D eigenvalue weighted by molar-refractivity contribution is 0.0785. The molecule has 0 radical (unpaired) electrons. The van der Waals surface area contributed by atoms with E-state index in [0.717, 1.165) is 5.56 Å². The van der Waals surface area contributed by atoms with Crippen molar-refractivity contribution in [2.45, 2.75) is 13.0 Å². The summed E-state index contributed by atoms with van der Waals surface area (Å²) in [5.74, 6) is -0.713. The molecule has 1 aliphatic heterocycles. The van der Waals surface area contributed by atoms with Crippen LogP contribution in [0.2, 0.25) is 0 Å². The fraction of sp³-hybridized carbons (Fsp3) is 0.231. The molecule has 0 bridgehead atoms. The molecule has 1 heterocycles. The fourth-order valence-electron chi connectivity index (χ4n) is 4.44. The van der Waals surface area contributed by atoms with Crippen LogP contribution in [0.15, 0.2) is 84.9 Å². The number of ketones is 2. The van der Waals surface area contributed by atoms with Crippen LogP contribution >= 0.6 is 0 Å². The zero-order valence-electron chi connectivity index (χ0n) is 16.8. The number of hydrogen-bond acceptors (Lipinski definition) is 3. The third-order valence-electron chi connectivity index (χ3n) is 5.91. The van der Waals surface area contributed by atoms with Gasteiger partial charge in [0.25, 0.3) is 0 Å². The Balaban J connectivity index is 1.77. The number of benzene rings is 3. The van der Waals surface area contributed by atoms with Crippen LogP contribution in [0, 0.1) is 18.8 Å². The SMILES string of the molecule is Cc1ccc([C@H]2[C@H](C(=O)c3ccccc3)[C@@H](C(=O)c3ccccc3)CN2C)cc1. The summed E-state index contributed by atoms with van der Waals surface area (Å²) in [5, 5.41) is 0. The summed E-state index contributed by atoms with van der Waals surface area (Å²) in [6.07, 6.45) is 0. The van der Waals surface area contributed by atoms with Crippen molar-refractivity contribution in [3.63, 3.8) is 0 Å². The lowest BCUT2D eigenvalue weighted by Crippen LogP contribution is -2.30. The summed E-state index contributed by atoms with van der Waals surface area (Å²) in [6, 6.07) is 26.8. The minimum Gasteiger partial charge on any atom is -0.298 e. The highest BCUT2D eigenvalue weighted by Gasteiger charge is 2.48. The van der Waals surface area contributed by atoms with Gasteiger partial charge in [0.1, 0.15) is 0 Å². The smallest absolute Gasteiger partial charge is 0.168 e. The molecule has 0 N–H and O–H groups in total. The maximum absolute atomic E-state index is 13.6. The van der Waals surface area contributed by atoms with E-state index in [4.69, 9.17) is 0 Å². The van der Waals surface area contributed by atoms with E-state index < -0.39 is 5.92 Å². The predicted octanol–water partition coefficient (Wildman–Crippen LogP) is 4.98. The molecule has 29 heavy (non-hydrogen) atoms. The monoisotopic (exact) mass is 383 g/mol. The Morgan fingerprint density at radius 1 is 0.759 bits per heavy atom. The van der Waals surface area contributed by atoms with Crippen molar-refractivity contribution in [3.8, 4) is 0 Å². The van der Waals surface area contributed by atoms with Crippen LogP contribution in [0.5, 0.6) is 0 Å². The molecular formula is C26H25NO2. The van der Waals surface area contributed by atoms with Gasteiger partial charge in [0, 0.05) is 29.6 Å². The summed E-state index contributed by atoms with van der Waals surface area (Å²) in [6.45, 7) is 2.62. The molecule has 146 valence electrons. The molecule has 0 aromatic heterocycles. The molecule has 1 aliphatic rings. The Kier molecular flexibility index (Phi) is 5.41. The molecule has 3 aromatic carbocycles. The van der Waals surface area contributed by atoms with E-state index in [9.17, 15) is 9.59 Å². The van der Waals surface area contributed by atoms with E-state index in [2.05, 4.69) is 36.1 Å². The van der Waals surface area contributed by atoms with E-state index >= 15 is 0 Å². The first-order chi connectivity index (χ1) is 14.1. The van der Waals surface area contributed by atoms with Gasteiger partial charge >= 0.3 is 0 Å². The van der Waals surface area contributed by atoms with E-state index in [0.29, 0.717) is 17.7 Å². The molecular weight excluding hydrogens is 358 g/mol. The maximum Gasteiger partial charge on any atom is 0.168 e. The Bertz CT molecular complexity index is 996. The van der Waals surface area contributed by atoms with E-state index in [-0.39, 0.29) is 23.5 Å². The molecule has 3 heteroatoms. The average molecular weight is 383 g/mol. The number of aryl methyl sites for hydroxylation is 1. The number of likely N-dealkylation sites (tertiary alicyclic amines) is 1. The molecule has 3 aromatic rings. The Labute approximate surface area is 172 Å². The summed E-state index contributed by atoms with van der Waals surface area (Å²) in [7, 11) is 2.01. The summed E-state index contributed by atoms with van der Waals surface area (Å²) >= 11 is 0. The van der Waals surface area contributed by atoms with E-state index in [1.165, 1.54) is 5.56 Å². The molecule has 0 aliphatic carbocycles. The normalized spacial score (nSPS) is 21.8. The Morgan fingerprint density at radius 3 is 1.83 bits per heavy atom. The third-order valence-corrected chi connectivity index (χ3v) is 5.91. The summed E-state index contributed by atoms with van der Waals surface area (Å²) in [4.78, 5) is 29.2. The van der Waals surface area contributed by atoms with Crippen molar-refractivity contribution < 1.29 is 9.59 Å². The molecule has 1 fully saturated rings. The number of rotatable bonds is 5. The van der Waals surface area contributed by atoms with Crippen molar-refractivity contribution in [1.82, 2.24) is 4.90 Å². The highest BCUT2D eigenvalue weighted by molar-refractivity contribution is 6.05. The van der Waals surface area contributed by atoms with Crippen molar-refractivity contribution in [1.29, 1.82) is 0 Å². The number of Topliss-reactive ketones (excluding diaryl/α,β-unsaturated/α-hetero) is 2. The van der Waals surface area contributed by atoms with Gasteiger partial charge in [-0.1, -0.05) is 90.5 Å². The van der Waals surface area contributed by atoms with E-state index in [1.54, 1.807) is 0 Å². The molecule has 3 atom stereocenters. The van der Waals surface area contributed by atoms with Crippen molar-refractivity contribution in [2.24, 2.45) is 11.8 Å². The van der Waals surface area contributed by atoms with Crippen LogP contribution in [0.3, 0.4) is 0 Å². The minimum absolute atomic E-state index is 0.0369. The molecule has 1 saturated heterocycles. The van der Waals surface area contributed by atoms with Crippen LogP contribution in [-0.2, 0) is 0 Å². The third kappa shape index (κ3) is 3.79. The molecule has 0 unspecified atom stereocenters. The van der Waals surface area contributed by atoms with Gasteiger partial charge in [0.2, 0.25) is 0 Å². The molecule has 0 saturated carbocycles. The van der Waals surface area contributed by atoms with Gasteiger partial charge in [-0.2, -0.15) is 0 Å². The highest BCUT2D eigenvalue weighted by atomic mass is 16.1. The lowest BCUT2D eigenvalue weighted by atomic mass is 9.78. The van der Waals surface area contributed by atoms with Gasteiger partial charge in [-0.3, -0.25) is 14.5 Å². The highest BCUT2D eigenvalue weighted by Crippen LogP contribution is 2.43. The zero-order chi connectivity index (χ0) is 20.4. The second-order valence-corrected chi connectivity index (χ2v) is 7.89. The van der Waals surface area contributed by atoms with Crippen LogP contribution in [0.1, 0.15) is 37.9 Å². The average Bonchev–Trinajstić information content (AvgIpc) is 3.11. The number of nitrogens with zero attached hydrogens (tertiary/aromatic N) is 1. The van der Waals surface area contributed by atoms with Gasteiger partial charge in [-0.25, -0.2) is 0 Å². The van der Waals surface area contributed by atoms with Gasteiger partial charge < -0.3 is 0 Å². The topological polar surface area (TPSA) is 37.4 Å². The number of hydrogen-bond donors (Lipinski definition) is 0. The molecule has 3 nitrogen and oxygen atoms in total. The minimum atomic E-state index is -0.419. The van der Waals surface area contributed by atoms with E-state index in [1.807, 2.05) is 67.7 Å². The predicted molar refractivity (Wildman–Crippen MR) is 115 cm³/mol. The van der Waals surface area contributed by atoms with Gasteiger partial charge in [-0.05, 0) is 19.5 Å². The van der Waals surface area contributed by atoms with Gasteiger partial charge in [0.05, 0.1) is 5.92 Å². The number of carbonyl (C=O) groups excluding carboxylic acids is 2. The maximum atomic E-state index is 13.6. The zero-order valence-corrected chi connectivity index (χ0v) is 16.8. The number of carbonyl (C=O) groups is 2. The van der Waals surface area contributed by atoms with Crippen molar-refractivity contribution in [3.05, 3.63) is 107 Å².